The van der Waals surface area contributed by atoms with Crippen LogP contribution in [0.25, 0.3) is 11.0 Å². The van der Waals surface area contributed by atoms with E-state index in [1.54, 1.807) is 23.2 Å². The first-order chi connectivity index (χ1) is 10.0. The van der Waals surface area contributed by atoms with E-state index in [4.69, 9.17) is 0 Å². The number of pyridine rings is 2. The van der Waals surface area contributed by atoms with Crippen molar-refractivity contribution in [3.8, 4) is 6.07 Å². The summed E-state index contributed by atoms with van der Waals surface area (Å²) in [7, 11) is -3.04. The number of nitrogens with zero attached hydrogens (tertiary/aromatic N) is 3. The van der Waals surface area contributed by atoms with E-state index in [0.717, 1.165) is 0 Å². The summed E-state index contributed by atoms with van der Waals surface area (Å²) in [6.07, 6.45) is 1.58. The summed E-state index contributed by atoms with van der Waals surface area (Å²) in [6.45, 7) is 0.512. The Morgan fingerprint density at radius 3 is 2.71 bits per heavy atom. The van der Waals surface area contributed by atoms with E-state index in [9.17, 15) is 18.5 Å². The van der Waals surface area contributed by atoms with E-state index in [0.29, 0.717) is 16.7 Å². The highest BCUT2D eigenvalue weighted by Crippen LogP contribution is 2.26. The smallest absolute Gasteiger partial charge is 0.268 e. The number of H-pyrrole nitrogens is 1. The van der Waals surface area contributed by atoms with Crippen molar-refractivity contribution in [1.29, 1.82) is 5.26 Å². The van der Waals surface area contributed by atoms with Crippen LogP contribution in [0.15, 0.2) is 23.1 Å². The van der Waals surface area contributed by atoms with Gasteiger partial charge in [-0.2, -0.15) is 5.26 Å². The number of anilines is 1. The van der Waals surface area contributed by atoms with Crippen molar-refractivity contribution in [3.63, 3.8) is 0 Å². The zero-order valence-corrected chi connectivity index (χ0v) is 11.9. The standard InChI is InChI=1S/C13H12N4O3S/c14-8-9-12(17-4-6-21(19,20)7-5-17)11-10(16-13(9)18)2-1-3-15-11/h1-3H,4-7H2,(H,16,18). The molecule has 1 N–H and O–H groups in total. The van der Waals surface area contributed by atoms with Crippen molar-refractivity contribution in [2.45, 2.75) is 0 Å². The van der Waals surface area contributed by atoms with Gasteiger partial charge in [0.1, 0.15) is 17.1 Å². The lowest BCUT2D eigenvalue weighted by atomic mass is 10.1. The molecule has 0 aliphatic carbocycles. The van der Waals surface area contributed by atoms with E-state index in [1.807, 2.05) is 6.07 Å². The molecule has 0 saturated carbocycles. The van der Waals surface area contributed by atoms with E-state index >= 15 is 0 Å². The predicted molar refractivity (Wildman–Crippen MR) is 77.9 cm³/mol. The summed E-state index contributed by atoms with van der Waals surface area (Å²) >= 11 is 0. The molecule has 1 aliphatic heterocycles. The van der Waals surface area contributed by atoms with E-state index in [2.05, 4.69) is 9.97 Å². The van der Waals surface area contributed by atoms with Crippen LogP contribution in [0.1, 0.15) is 5.56 Å². The molecule has 3 heterocycles. The highest BCUT2D eigenvalue weighted by atomic mass is 32.2. The van der Waals surface area contributed by atoms with Crippen LogP contribution in [0.2, 0.25) is 0 Å². The molecule has 108 valence electrons. The minimum Gasteiger partial charge on any atom is -0.366 e. The first-order valence-corrected chi connectivity index (χ1v) is 8.20. The van der Waals surface area contributed by atoms with Crippen LogP contribution in [0.3, 0.4) is 0 Å². The Morgan fingerprint density at radius 1 is 1.33 bits per heavy atom. The minimum atomic E-state index is -3.04. The summed E-state index contributed by atoms with van der Waals surface area (Å²) < 4.78 is 23.1. The molecule has 3 rings (SSSR count). The maximum atomic E-state index is 12.0. The Kier molecular flexibility index (Phi) is 3.14. The molecule has 2 aromatic rings. The van der Waals surface area contributed by atoms with Gasteiger partial charge in [0.05, 0.1) is 22.7 Å². The van der Waals surface area contributed by atoms with Gasteiger partial charge in [0.2, 0.25) is 0 Å². The van der Waals surface area contributed by atoms with Crippen molar-refractivity contribution < 1.29 is 8.42 Å². The number of aromatic nitrogens is 2. The van der Waals surface area contributed by atoms with Gasteiger partial charge in [0.25, 0.3) is 5.56 Å². The Hall–Kier alpha value is -2.40. The Bertz CT molecular complexity index is 897. The quantitative estimate of drug-likeness (QED) is 0.796. The fourth-order valence-electron chi connectivity index (χ4n) is 2.45. The van der Waals surface area contributed by atoms with Crippen LogP contribution in [-0.2, 0) is 9.84 Å². The van der Waals surface area contributed by atoms with Gasteiger partial charge >= 0.3 is 0 Å². The molecule has 8 heteroatoms. The van der Waals surface area contributed by atoms with Gasteiger partial charge in [-0.1, -0.05) is 0 Å². The first kappa shape index (κ1) is 13.6. The predicted octanol–water partition coefficient (Wildman–Crippen LogP) is 0.0296. The number of fused-ring (bicyclic) bond motifs is 1. The van der Waals surface area contributed by atoms with Gasteiger partial charge in [0.15, 0.2) is 9.84 Å². The monoisotopic (exact) mass is 304 g/mol. The van der Waals surface area contributed by atoms with Crippen LogP contribution in [0.5, 0.6) is 0 Å². The molecule has 1 fully saturated rings. The molecular formula is C13H12N4O3S. The molecule has 1 aliphatic rings. The zero-order valence-electron chi connectivity index (χ0n) is 11.0. The molecule has 0 radical (unpaired) electrons. The van der Waals surface area contributed by atoms with Gasteiger partial charge in [-0.3, -0.25) is 9.78 Å². The Labute approximate surface area is 120 Å². The average Bonchev–Trinajstić information content (AvgIpc) is 2.46. The van der Waals surface area contributed by atoms with E-state index < -0.39 is 15.4 Å². The van der Waals surface area contributed by atoms with Crippen molar-refractivity contribution in [2.75, 3.05) is 29.5 Å². The number of aromatic amines is 1. The second kappa shape index (κ2) is 4.86. The Balaban J connectivity index is 2.21. The van der Waals surface area contributed by atoms with Crippen LogP contribution < -0.4 is 10.5 Å². The van der Waals surface area contributed by atoms with Gasteiger partial charge in [0, 0.05) is 19.3 Å². The number of nitrogens with one attached hydrogen (secondary N) is 1. The zero-order chi connectivity index (χ0) is 15.0. The number of sulfone groups is 1. The molecule has 0 aromatic carbocycles. The Morgan fingerprint density at radius 2 is 2.05 bits per heavy atom. The van der Waals surface area contributed by atoms with Gasteiger partial charge in [-0.15, -0.1) is 0 Å². The minimum absolute atomic E-state index is 0.0129. The molecule has 0 atom stereocenters. The lowest BCUT2D eigenvalue weighted by Gasteiger charge is -2.29. The maximum absolute atomic E-state index is 12.0. The summed E-state index contributed by atoms with van der Waals surface area (Å²) in [5.41, 5.74) is 0.951. The lowest BCUT2D eigenvalue weighted by molar-refractivity contribution is 0.587. The topological polar surface area (TPSA) is 107 Å². The van der Waals surface area contributed by atoms with E-state index in [-0.39, 0.29) is 30.2 Å². The third-order valence-corrected chi connectivity index (χ3v) is 5.13. The average molecular weight is 304 g/mol. The number of rotatable bonds is 1. The van der Waals surface area contributed by atoms with Gasteiger partial charge in [-0.25, -0.2) is 8.42 Å². The number of hydrogen-bond acceptors (Lipinski definition) is 6. The number of nitriles is 1. The summed E-state index contributed by atoms with van der Waals surface area (Å²) in [6, 6.07) is 5.29. The van der Waals surface area contributed by atoms with Crippen molar-refractivity contribution in [3.05, 3.63) is 34.2 Å². The molecular weight excluding hydrogens is 292 g/mol. The second-order valence-electron chi connectivity index (χ2n) is 4.83. The lowest BCUT2D eigenvalue weighted by Crippen LogP contribution is -2.41. The summed E-state index contributed by atoms with van der Waals surface area (Å²) in [5.74, 6) is 0.0258. The largest absolute Gasteiger partial charge is 0.366 e. The normalized spacial score (nSPS) is 17.6. The molecule has 0 unspecified atom stereocenters. The molecule has 0 amide bonds. The molecule has 0 bridgehead atoms. The van der Waals surface area contributed by atoms with Crippen LogP contribution >= 0.6 is 0 Å². The first-order valence-electron chi connectivity index (χ1n) is 6.38. The molecule has 7 nitrogen and oxygen atoms in total. The third kappa shape index (κ3) is 2.36. The fourth-order valence-corrected chi connectivity index (χ4v) is 3.65. The van der Waals surface area contributed by atoms with Crippen molar-refractivity contribution >= 4 is 26.6 Å². The van der Waals surface area contributed by atoms with Crippen molar-refractivity contribution in [2.24, 2.45) is 0 Å². The molecule has 1 saturated heterocycles. The molecule has 2 aromatic heterocycles. The van der Waals surface area contributed by atoms with E-state index in [1.165, 1.54) is 0 Å². The van der Waals surface area contributed by atoms with Crippen molar-refractivity contribution in [1.82, 2.24) is 9.97 Å². The SMILES string of the molecule is N#Cc1c(N2CCS(=O)(=O)CC2)c2ncccc2[nH]c1=O. The third-order valence-electron chi connectivity index (χ3n) is 3.52. The molecule has 0 spiro atoms. The van der Waals surface area contributed by atoms with Crippen LogP contribution in [-0.4, -0.2) is 43.0 Å². The maximum Gasteiger partial charge on any atom is 0.268 e. The fraction of sp³-hybridized carbons (Fsp3) is 0.308. The highest BCUT2D eigenvalue weighted by Gasteiger charge is 2.26. The highest BCUT2D eigenvalue weighted by molar-refractivity contribution is 7.91. The summed E-state index contributed by atoms with van der Waals surface area (Å²) in [5, 5.41) is 9.25. The second-order valence-corrected chi connectivity index (χ2v) is 7.13. The number of hydrogen-bond donors (Lipinski definition) is 1. The van der Waals surface area contributed by atoms with Gasteiger partial charge in [-0.05, 0) is 12.1 Å². The van der Waals surface area contributed by atoms with Gasteiger partial charge < -0.3 is 9.88 Å². The summed E-state index contributed by atoms with van der Waals surface area (Å²) in [4.78, 5) is 20.6. The molecule has 21 heavy (non-hydrogen) atoms. The van der Waals surface area contributed by atoms with Crippen LogP contribution in [0, 0.1) is 11.3 Å². The van der Waals surface area contributed by atoms with Crippen LogP contribution in [0.4, 0.5) is 5.69 Å².